The molecule has 6 heteroatoms. The third-order valence-corrected chi connectivity index (χ3v) is 2.74. The summed E-state index contributed by atoms with van der Waals surface area (Å²) < 4.78 is 3.25. The molecule has 2 aromatic heterocycles. The molecule has 0 aliphatic rings. The van der Waals surface area contributed by atoms with Crippen molar-refractivity contribution in [2.75, 3.05) is 0 Å². The molecule has 0 spiro atoms. The van der Waals surface area contributed by atoms with Gasteiger partial charge in [-0.05, 0) is 19.9 Å². The van der Waals surface area contributed by atoms with Crippen molar-refractivity contribution >= 4 is 5.97 Å². The zero-order valence-electron chi connectivity index (χ0n) is 10.0. The second-order valence-corrected chi connectivity index (χ2v) is 3.94. The lowest BCUT2D eigenvalue weighted by Gasteiger charge is -2.03. The van der Waals surface area contributed by atoms with Crippen LogP contribution in [0.2, 0.25) is 0 Å². The highest BCUT2D eigenvalue weighted by Gasteiger charge is 2.16. The van der Waals surface area contributed by atoms with Crippen LogP contribution in [0.3, 0.4) is 0 Å². The van der Waals surface area contributed by atoms with E-state index in [4.69, 9.17) is 5.11 Å². The molecule has 17 heavy (non-hydrogen) atoms. The summed E-state index contributed by atoms with van der Waals surface area (Å²) in [5, 5.41) is 17.1. The minimum atomic E-state index is -0.896. The van der Waals surface area contributed by atoms with Crippen LogP contribution in [0.5, 0.6) is 0 Å². The molecule has 0 aromatic carbocycles. The van der Waals surface area contributed by atoms with Gasteiger partial charge in [-0.1, -0.05) is 0 Å². The first-order valence-electron chi connectivity index (χ1n) is 5.25. The van der Waals surface area contributed by atoms with Gasteiger partial charge in [0.25, 0.3) is 0 Å². The molecule has 0 saturated heterocycles. The molecule has 2 aromatic rings. The van der Waals surface area contributed by atoms with Gasteiger partial charge in [-0.15, -0.1) is 0 Å². The molecular formula is C11H14N4O2. The number of aliphatic carboxylic acids is 1. The standard InChI is InChI=1S/C11H14N4O2/c1-7-11(9-4-5-12-14(9)3)8(2)15(13-7)6-10(16)17/h4-5H,6H2,1-3H3,(H,16,17). The summed E-state index contributed by atoms with van der Waals surface area (Å²) in [5.74, 6) is -0.896. The van der Waals surface area contributed by atoms with Crippen LogP contribution in [0.4, 0.5) is 0 Å². The van der Waals surface area contributed by atoms with Crippen molar-refractivity contribution in [1.82, 2.24) is 19.6 Å². The van der Waals surface area contributed by atoms with E-state index in [-0.39, 0.29) is 6.54 Å². The average Bonchev–Trinajstić information content (AvgIpc) is 2.73. The fourth-order valence-corrected chi connectivity index (χ4v) is 1.97. The second kappa shape index (κ2) is 4.04. The van der Waals surface area contributed by atoms with Crippen LogP contribution in [0.1, 0.15) is 11.4 Å². The van der Waals surface area contributed by atoms with Crippen LogP contribution in [0.15, 0.2) is 12.3 Å². The van der Waals surface area contributed by atoms with Gasteiger partial charge in [0, 0.05) is 24.5 Å². The number of carboxylic acid groups (broad SMARTS) is 1. The Balaban J connectivity index is 2.52. The van der Waals surface area contributed by atoms with Crippen LogP contribution >= 0.6 is 0 Å². The fourth-order valence-electron chi connectivity index (χ4n) is 1.97. The SMILES string of the molecule is Cc1nn(CC(=O)O)c(C)c1-c1ccnn1C. The maximum atomic E-state index is 10.7. The van der Waals surface area contributed by atoms with Crippen molar-refractivity contribution in [2.45, 2.75) is 20.4 Å². The minimum Gasteiger partial charge on any atom is -0.480 e. The van der Waals surface area contributed by atoms with E-state index in [1.54, 1.807) is 10.9 Å². The number of carbonyl (C=O) groups is 1. The molecule has 6 nitrogen and oxygen atoms in total. The summed E-state index contributed by atoms with van der Waals surface area (Å²) in [6.45, 7) is 3.61. The van der Waals surface area contributed by atoms with Crippen molar-refractivity contribution in [1.29, 1.82) is 0 Å². The van der Waals surface area contributed by atoms with E-state index in [0.717, 1.165) is 22.6 Å². The predicted octanol–water partition coefficient (Wildman–Crippen LogP) is 0.985. The van der Waals surface area contributed by atoms with E-state index < -0.39 is 5.97 Å². The topological polar surface area (TPSA) is 72.9 Å². The quantitative estimate of drug-likeness (QED) is 0.859. The van der Waals surface area contributed by atoms with Crippen LogP contribution in [-0.2, 0) is 18.4 Å². The summed E-state index contributed by atoms with van der Waals surface area (Å²) in [5.41, 5.74) is 3.55. The van der Waals surface area contributed by atoms with Gasteiger partial charge in [-0.3, -0.25) is 14.2 Å². The number of rotatable bonds is 3. The highest BCUT2D eigenvalue weighted by Crippen LogP contribution is 2.25. The van der Waals surface area contributed by atoms with E-state index in [1.165, 1.54) is 4.68 Å². The summed E-state index contributed by atoms with van der Waals surface area (Å²) in [4.78, 5) is 10.7. The molecule has 0 amide bonds. The van der Waals surface area contributed by atoms with Crippen molar-refractivity contribution in [3.8, 4) is 11.3 Å². The first kappa shape index (κ1) is 11.4. The molecule has 1 N–H and O–H groups in total. The summed E-state index contributed by atoms with van der Waals surface area (Å²) in [6, 6.07) is 1.89. The molecule has 0 atom stereocenters. The largest absolute Gasteiger partial charge is 0.480 e. The maximum Gasteiger partial charge on any atom is 0.325 e. The second-order valence-electron chi connectivity index (χ2n) is 3.94. The molecule has 0 aliphatic carbocycles. The highest BCUT2D eigenvalue weighted by atomic mass is 16.4. The number of nitrogens with zero attached hydrogens (tertiary/aromatic N) is 4. The number of hydrogen-bond donors (Lipinski definition) is 1. The Morgan fingerprint density at radius 1 is 1.47 bits per heavy atom. The predicted molar refractivity (Wildman–Crippen MR) is 61.5 cm³/mol. The van der Waals surface area contributed by atoms with Gasteiger partial charge in [-0.2, -0.15) is 10.2 Å². The van der Waals surface area contributed by atoms with Gasteiger partial charge < -0.3 is 5.11 Å². The lowest BCUT2D eigenvalue weighted by Crippen LogP contribution is -2.11. The normalized spacial score (nSPS) is 10.8. The lowest BCUT2D eigenvalue weighted by molar-refractivity contribution is -0.137. The number of aromatic nitrogens is 4. The zero-order chi connectivity index (χ0) is 12.6. The first-order valence-corrected chi connectivity index (χ1v) is 5.25. The van der Waals surface area contributed by atoms with Crippen molar-refractivity contribution in [3.63, 3.8) is 0 Å². The van der Waals surface area contributed by atoms with Crippen molar-refractivity contribution < 1.29 is 9.90 Å². The summed E-state index contributed by atoms with van der Waals surface area (Å²) in [7, 11) is 1.85. The Labute approximate surface area is 98.5 Å². The molecular weight excluding hydrogens is 220 g/mol. The van der Waals surface area contributed by atoms with Crippen LogP contribution in [0.25, 0.3) is 11.3 Å². The molecule has 0 bridgehead atoms. The Bertz CT molecular complexity index is 568. The van der Waals surface area contributed by atoms with Crippen LogP contribution < -0.4 is 0 Å². The molecule has 0 radical (unpaired) electrons. The fraction of sp³-hybridized carbons (Fsp3) is 0.364. The monoisotopic (exact) mass is 234 g/mol. The number of carboxylic acids is 1. The average molecular weight is 234 g/mol. The number of aryl methyl sites for hydroxylation is 2. The summed E-state index contributed by atoms with van der Waals surface area (Å²) >= 11 is 0. The third-order valence-electron chi connectivity index (χ3n) is 2.74. The Morgan fingerprint density at radius 3 is 2.71 bits per heavy atom. The first-order chi connectivity index (χ1) is 8.00. The van der Waals surface area contributed by atoms with E-state index in [9.17, 15) is 4.79 Å². The van der Waals surface area contributed by atoms with E-state index in [1.807, 2.05) is 27.0 Å². The van der Waals surface area contributed by atoms with E-state index >= 15 is 0 Å². The Hall–Kier alpha value is -2.11. The van der Waals surface area contributed by atoms with Gasteiger partial charge in [0.1, 0.15) is 6.54 Å². The van der Waals surface area contributed by atoms with Crippen molar-refractivity contribution in [3.05, 3.63) is 23.7 Å². The molecule has 2 rings (SSSR count). The zero-order valence-corrected chi connectivity index (χ0v) is 10.0. The number of hydrogen-bond acceptors (Lipinski definition) is 3. The molecule has 2 heterocycles. The molecule has 0 saturated carbocycles. The molecule has 90 valence electrons. The van der Waals surface area contributed by atoms with E-state index in [2.05, 4.69) is 10.2 Å². The third kappa shape index (κ3) is 1.93. The van der Waals surface area contributed by atoms with Gasteiger partial charge in [0.05, 0.1) is 11.4 Å². The highest BCUT2D eigenvalue weighted by molar-refractivity contribution is 5.69. The maximum absolute atomic E-state index is 10.7. The molecule has 0 unspecified atom stereocenters. The van der Waals surface area contributed by atoms with Crippen LogP contribution in [0, 0.1) is 13.8 Å². The van der Waals surface area contributed by atoms with Gasteiger partial charge in [-0.25, -0.2) is 0 Å². The summed E-state index contributed by atoms with van der Waals surface area (Å²) in [6.07, 6.45) is 1.71. The molecule has 0 aliphatic heterocycles. The van der Waals surface area contributed by atoms with Crippen molar-refractivity contribution in [2.24, 2.45) is 7.05 Å². The Morgan fingerprint density at radius 2 is 2.18 bits per heavy atom. The minimum absolute atomic E-state index is 0.121. The van der Waals surface area contributed by atoms with Gasteiger partial charge >= 0.3 is 5.97 Å². The van der Waals surface area contributed by atoms with Gasteiger partial charge in [0.15, 0.2) is 0 Å². The lowest BCUT2D eigenvalue weighted by atomic mass is 10.1. The van der Waals surface area contributed by atoms with Crippen LogP contribution in [-0.4, -0.2) is 30.6 Å². The Kier molecular flexibility index (Phi) is 2.71. The smallest absolute Gasteiger partial charge is 0.325 e. The molecule has 0 fully saturated rings. The van der Waals surface area contributed by atoms with Gasteiger partial charge in [0.2, 0.25) is 0 Å². The van der Waals surface area contributed by atoms with E-state index in [0.29, 0.717) is 0 Å².